The fraction of sp³-hybridized carbons (Fsp3) is 0.391. The Morgan fingerprint density at radius 1 is 0.935 bits per heavy atom. The minimum absolute atomic E-state index is 0.234. The highest BCUT2D eigenvalue weighted by Crippen LogP contribution is 2.27. The molecule has 0 saturated carbocycles. The molecule has 8 nitrogen and oxygen atoms in total. The predicted molar refractivity (Wildman–Crippen MR) is 117 cm³/mol. The number of carbonyl (C=O) groups excluding carboxylic acids is 2. The Morgan fingerprint density at radius 2 is 1.55 bits per heavy atom. The Bertz CT molecular complexity index is 864. The molecule has 1 unspecified atom stereocenters. The van der Waals surface area contributed by atoms with E-state index in [0.717, 1.165) is 5.56 Å². The van der Waals surface area contributed by atoms with E-state index in [1.54, 1.807) is 32.4 Å². The minimum Gasteiger partial charge on any atom is -0.497 e. The van der Waals surface area contributed by atoms with Gasteiger partial charge in [-0.3, -0.25) is 9.59 Å². The van der Waals surface area contributed by atoms with E-state index >= 15 is 0 Å². The molecule has 2 aromatic carbocycles. The van der Waals surface area contributed by atoms with Crippen LogP contribution in [0.1, 0.15) is 18.9 Å². The van der Waals surface area contributed by atoms with E-state index in [-0.39, 0.29) is 25.0 Å². The van der Waals surface area contributed by atoms with Gasteiger partial charge in [-0.15, -0.1) is 0 Å². The molecule has 0 aromatic heterocycles. The topological polar surface area (TPSA) is 86.3 Å². The molecule has 8 heteroatoms. The number of carbonyl (C=O) groups is 2. The number of hydrogen-bond acceptors (Lipinski definition) is 6. The first-order chi connectivity index (χ1) is 14.9. The van der Waals surface area contributed by atoms with Crippen LogP contribution in [-0.2, 0) is 16.1 Å². The summed E-state index contributed by atoms with van der Waals surface area (Å²) in [6.45, 7) is 1.86. The van der Waals surface area contributed by atoms with Crippen molar-refractivity contribution in [1.29, 1.82) is 0 Å². The Morgan fingerprint density at radius 3 is 2.10 bits per heavy atom. The lowest BCUT2D eigenvalue weighted by molar-refractivity contribution is -0.142. The van der Waals surface area contributed by atoms with Gasteiger partial charge in [0.15, 0.2) is 6.61 Å². The van der Waals surface area contributed by atoms with E-state index in [4.69, 9.17) is 18.9 Å². The summed E-state index contributed by atoms with van der Waals surface area (Å²) in [4.78, 5) is 27.1. The van der Waals surface area contributed by atoms with Crippen molar-refractivity contribution in [2.45, 2.75) is 25.9 Å². The van der Waals surface area contributed by atoms with Gasteiger partial charge in [-0.1, -0.05) is 19.1 Å². The fourth-order valence-corrected chi connectivity index (χ4v) is 3.15. The maximum Gasteiger partial charge on any atom is 0.261 e. The van der Waals surface area contributed by atoms with Crippen LogP contribution in [0.3, 0.4) is 0 Å². The lowest BCUT2D eigenvalue weighted by Crippen LogP contribution is -2.49. The van der Waals surface area contributed by atoms with Crippen LogP contribution in [0.5, 0.6) is 23.0 Å². The van der Waals surface area contributed by atoms with Crippen molar-refractivity contribution in [3.63, 3.8) is 0 Å². The van der Waals surface area contributed by atoms with Gasteiger partial charge in [-0.05, 0) is 24.1 Å². The number of likely N-dealkylation sites (N-methyl/N-ethyl adjacent to an activating group) is 1. The van der Waals surface area contributed by atoms with Crippen LogP contribution in [0.4, 0.5) is 0 Å². The van der Waals surface area contributed by atoms with Crippen molar-refractivity contribution < 1.29 is 28.5 Å². The van der Waals surface area contributed by atoms with Gasteiger partial charge in [-0.2, -0.15) is 0 Å². The molecule has 2 rings (SSSR count). The molecular weight excluding hydrogens is 400 g/mol. The molecule has 168 valence electrons. The largest absolute Gasteiger partial charge is 0.497 e. The second kappa shape index (κ2) is 11.7. The molecule has 0 saturated heterocycles. The summed E-state index contributed by atoms with van der Waals surface area (Å²) in [5.74, 6) is 1.65. The third kappa shape index (κ3) is 6.53. The molecule has 0 spiro atoms. The zero-order valence-electron chi connectivity index (χ0n) is 18.6. The molecular formula is C23H30N2O6. The monoisotopic (exact) mass is 430 g/mol. The van der Waals surface area contributed by atoms with Crippen LogP contribution in [0.15, 0.2) is 42.5 Å². The summed E-state index contributed by atoms with van der Waals surface area (Å²) in [5.41, 5.74) is 0.845. The summed E-state index contributed by atoms with van der Waals surface area (Å²) in [7, 11) is 6.21. The number of rotatable bonds is 11. The van der Waals surface area contributed by atoms with Crippen molar-refractivity contribution >= 4 is 11.8 Å². The van der Waals surface area contributed by atoms with Gasteiger partial charge in [-0.25, -0.2) is 0 Å². The molecule has 0 fully saturated rings. The summed E-state index contributed by atoms with van der Waals surface area (Å²) < 4.78 is 21.5. The van der Waals surface area contributed by atoms with E-state index in [0.29, 0.717) is 29.4 Å². The third-order valence-corrected chi connectivity index (χ3v) is 4.81. The lowest BCUT2D eigenvalue weighted by Gasteiger charge is -2.30. The number of ether oxygens (including phenoxy) is 4. The lowest BCUT2D eigenvalue weighted by atomic mass is 10.1. The Labute approximate surface area is 183 Å². The fourth-order valence-electron chi connectivity index (χ4n) is 3.15. The first kappa shape index (κ1) is 23.9. The first-order valence-corrected chi connectivity index (χ1v) is 9.95. The highest BCUT2D eigenvalue weighted by Gasteiger charge is 2.28. The molecule has 0 aliphatic carbocycles. The molecule has 0 aliphatic heterocycles. The van der Waals surface area contributed by atoms with Crippen LogP contribution in [0.2, 0.25) is 0 Å². The average Bonchev–Trinajstić information content (AvgIpc) is 2.81. The average molecular weight is 431 g/mol. The summed E-state index contributed by atoms with van der Waals surface area (Å²) in [6, 6.07) is 11.8. The summed E-state index contributed by atoms with van der Waals surface area (Å²) in [6.07, 6.45) is 0.461. The second-order valence-electron chi connectivity index (χ2n) is 6.75. The number of benzene rings is 2. The highest BCUT2D eigenvalue weighted by atomic mass is 16.5. The molecule has 2 aromatic rings. The maximum absolute atomic E-state index is 13.1. The van der Waals surface area contributed by atoms with E-state index < -0.39 is 6.04 Å². The quantitative estimate of drug-likeness (QED) is 0.590. The number of nitrogens with zero attached hydrogens (tertiary/aromatic N) is 1. The van der Waals surface area contributed by atoms with Gasteiger partial charge >= 0.3 is 0 Å². The molecule has 0 radical (unpaired) electrons. The molecule has 31 heavy (non-hydrogen) atoms. The smallest absolute Gasteiger partial charge is 0.261 e. The van der Waals surface area contributed by atoms with E-state index in [2.05, 4.69) is 5.32 Å². The van der Waals surface area contributed by atoms with E-state index in [9.17, 15) is 9.59 Å². The number of amides is 2. The first-order valence-electron chi connectivity index (χ1n) is 9.95. The second-order valence-corrected chi connectivity index (χ2v) is 6.75. The van der Waals surface area contributed by atoms with Gasteiger partial charge < -0.3 is 29.2 Å². The van der Waals surface area contributed by atoms with Crippen LogP contribution >= 0.6 is 0 Å². The Hall–Kier alpha value is -3.42. The van der Waals surface area contributed by atoms with Gasteiger partial charge in [0.05, 0.1) is 21.3 Å². The SMILES string of the molecule is CCC(C(=O)NC)N(Cc1cccc(OC)c1)C(=O)COc1cc(OC)cc(OC)c1. The van der Waals surface area contributed by atoms with Crippen LogP contribution in [0.25, 0.3) is 0 Å². The highest BCUT2D eigenvalue weighted by molar-refractivity contribution is 5.88. The Kier molecular flexibility index (Phi) is 8.99. The van der Waals surface area contributed by atoms with Gasteiger partial charge in [0.2, 0.25) is 5.91 Å². The van der Waals surface area contributed by atoms with Crippen LogP contribution in [0, 0.1) is 0 Å². The molecule has 1 atom stereocenters. The van der Waals surface area contributed by atoms with E-state index in [1.807, 2.05) is 31.2 Å². The van der Waals surface area contributed by atoms with Gasteiger partial charge in [0.1, 0.15) is 29.0 Å². The molecule has 0 aliphatic rings. The van der Waals surface area contributed by atoms with Gasteiger partial charge in [0, 0.05) is 31.8 Å². The molecule has 2 amide bonds. The maximum atomic E-state index is 13.1. The van der Waals surface area contributed by atoms with Crippen molar-refractivity contribution in [1.82, 2.24) is 10.2 Å². The molecule has 0 heterocycles. The number of methoxy groups -OCH3 is 3. The summed E-state index contributed by atoms with van der Waals surface area (Å²) in [5, 5.41) is 2.63. The minimum atomic E-state index is -0.632. The zero-order chi connectivity index (χ0) is 22.8. The van der Waals surface area contributed by atoms with Crippen molar-refractivity contribution in [3.05, 3.63) is 48.0 Å². The molecule has 0 bridgehead atoms. The summed E-state index contributed by atoms with van der Waals surface area (Å²) >= 11 is 0. The van der Waals surface area contributed by atoms with Crippen molar-refractivity contribution in [2.75, 3.05) is 35.0 Å². The zero-order valence-corrected chi connectivity index (χ0v) is 18.6. The van der Waals surface area contributed by atoms with Crippen molar-refractivity contribution in [2.24, 2.45) is 0 Å². The predicted octanol–water partition coefficient (Wildman–Crippen LogP) is 2.64. The number of hydrogen-bond donors (Lipinski definition) is 1. The molecule has 1 N–H and O–H groups in total. The normalized spacial score (nSPS) is 11.3. The van der Waals surface area contributed by atoms with Crippen LogP contribution < -0.4 is 24.3 Å². The standard InChI is InChI=1S/C23H30N2O6/c1-6-21(23(27)24-2)25(14-16-8-7-9-17(10-16)28-3)22(26)15-31-20-12-18(29-4)11-19(13-20)30-5/h7-13,21H,6,14-15H2,1-5H3,(H,24,27). The third-order valence-electron chi connectivity index (χ3n) is 4.81. The van der Waals surface area contributed by atoms with Gasteiger partial charge in [0.25, 0.3) is 5.91 Å². The van der Waals surface area contributed by atoms with Crippen LogP contribution in [-0.4, -0.2) is 57.7 Å². The Balaban J connectivity index is 2.24. The van der Waals surface area contributed by atoms with E-state index in [1.165, 1.54) is 19.1 Å². The number of nitrogens with one attached hydrogen (secondary N) is 1. The van der Waals surface area contributed by atoms with Crippen molar-refractivity contribution in [3.8, 4) is 23.0 Å².